The van der Waals surface area contributed by atoms with Gasteiger partial charge < -0.3 is 47.7 Å². The quantitative estimate of drug-likeness (QED) is 0.0416. The van der Waals surface area contributed by atoms with Crippen molar-refractivity contribution in [2.24, 2.45) is 4.99 Å². The van der Waals surface area contributed by atoms with Crippen molar-refractivity contribution in [3.05, 3.63) is 105 Å². The molecule has 1 aliphatic heterocycles. The molecule has 4 aromatic carbocycles. The molecule has 0 spiro atoms. The van der Waals surface area contributed by atoms with E-state index in [0.29, 0.717) is 83.7 Å². The second-order valence-electron chi connectivity index (χ2n) is 22.3. The Morgan fingerprint density at radius 1 is 0.867 bits per heavy atom. The maximum atomic E-state index is 14.4. The number of nitrogens with one attached hydrogen (secondary N) is 1. The molecule has 0 saturated carbocycles. The molecule has 1 saturated heterocycles. The number of methoxy groups -OCH3 is 4. The Kier molecular flexibility index (Phi) is 19.6. The first kappa shape index (κ1) is 58.7. The molecule has 408 valence electrons. The Bertz CT molecular complexity index is 2630. The van der Waals surface area contributed by atoms with Crippen LogP contribution in [0.1, 0.15) is 94.2 Å². The molecule has 6 rings (SSSR count). The summed E-state index contributed by atoms with van der Waals surface area (Å²) in [6.45, 7) is 36.9. The number of fused-ring (bicyclic) bond motifs is 3. The van der Waals surface area contributed by atoms with Crippen molar-refractivity contribution in [1.82, 2.24) is 10.2 Å². The first-order valence-electron chi connectivity index (χ1n) is 26.4. The minimum Gasteiger partial charge on any atom is -0.541 e. The lowest BCUT2D eigenvalue weighted by molar-refractivity contribution is -0.0481. The monoisotopic (exact) mass is 1060 g/mol. The second kappa shape index (κ2) is 25.1. The molecule has 2 N–H and O–H groups in total. The van der Waals surface area contributed by atoms with Gasteiger partial charge in [-0.25, -0.2) is 16.3 Å². The highest BCUT2D eigenvalue weighted by Gasteiger charge is 2.42. The van der Waals surface area contributed by atoms with Crippen molar-refractivity contribution in [1.29, 1.82) is 0 Å². The number of aromatic hydroxyl groups is 1. The van der Waals surface area contributed by atoms with Crippen molar-refractivity contribution in [2.75, 3.05) is 61.3 Å². The number of hydrogen-bond acceptors (Lipinski definition) is 12. The lowest BCUT2D eigenvalue weighted by Crippen LogP contribution is -2.51. The van der Waals surface area contributed by atoms with Crippen LogP contribution in [0.15, 0.2) is 65.7 Å². The highest BCUT2D eigenvalue weighted by molar-refractivity contribution is 6.75. The molecule has 2 aliphatic rings. The number of phenols is 1. The van der Waals surface area contributed by atoms with E-state index in [9.17, 15) is 9.90 Å². The Morgan fingerprint density at radius 2 is 1.43 bits per heavy atom. The lowest BCUT2D eigenvalue weighted by Gasteiger charge is -2.37. The molecule has 1 aliphatic carbocycles. The molecule has 0 radical (unpaired) electrons. The van der Waals surface area contributed by atoms with Crippen molar-refractivity contribution in [2.45, 2.75) is 148 Å². The zero-order chi connectivity index (χ0) is 55.0. The van der Waals surface area contributed by atoms with E-state index in [-0.39, 0.29) is 42.3 Å². The summed E-state index contributed by atoms with van der Waals surface area (Å²) in [5.41, 5.74) is 8.15. The SMILES string of the molecule is [C-]#[N+][C@@H](C(Cc1cc(O)c(OC)c(C)c1OC)N=CC(Cc1cc(O[Si](C)(C)C(C)(C)C)c(OC)c(C)c1OC)NC(=O)OCC1c2ccccc2-c2ccccc21)N1CCO[C@@H](CCO[Si](C)(C(C)C)C(C)C)C1. The summed E-state index contributed by atoms with van der Waals surface area (Å²) < 4.78 is 49.8. The van der Waals surface area contributed by atoms with Crippen LogP contribution >= 0.6 is 0 Å². The van der Waals surface area contributed by atoms with Crippen molar-refractivity contribution in [3.63, 3.8) is 0 Å². The molecule has 0 bridgehead atoms. The number of phenolic OH excluding ortho intramolecular Hbond substituents is 1. The fourth-order valence-electron chi connectivity index (χ4n) is 10.4. The van der Waals surface area contributed by atoms with E-state index in [1.807, 2.05) is 44.2 Å². The third-order valence-corrected chi connectivity index (χ3v) is 25.9. The standard InChI is InChI=1S/C59H84N4O10Si2/c1-37(2)75(17,38(3)4)72-28-26-44-35-63(27-29-70-44)57(60-10)50(31-42-32-51(64)55(68-13)39(5)53(42)66-11)61-34-43(30-41-33-52(73-74(15,16)59(7,8)9)56(69-14)40(6)54(41)67-12)62-58(65)71-36-49-47-24-20-18-22-45(47)46-23-19-21-25-48(46)49/h18-25,32-34,37-38,43-44,49-50,57,64H,26-31,35-36H2,1-9,11-17H3,(H,62,65)/t43?,44-,50?,57+/m0/s1. The fourth-order valence-corrected chi connectivity index (χ4v) is 13.9. The largest absolute Gasteiger partial charge is 0.541 e. The second-order valence-corrected chi connectivity index (χ2v) is 32.0. The summed E-state index contributed by atoms with van der Waals surface area (Å²) in [5, 5.41) is 14.3. The molecule has 0 aromatic heterocycles. The third-order valence-electron chi connectivity index (χ3n) is 16.1. The number of hydrogen-bond donors (Lipinski definition) is 2. The Morgan fingerprint density at radius 3 is 1.97 bits per heavy atom. The van der Waals surface area contributed by atoms with E-state index in [1.54, 1.807) is 33.6 Å². The van der Waals surface area contributed by atoms with E-state index in [1.165, 1.54) is 7.11 Å². The fraction of sp³-hybridized carbons (Fsp3) is 0.542. The van der Waals surface area contributed by atoms with Crippen LogP contribution < -0.4 is 28.7 Å². The van der Waals surface area contributed by atoms with Gasteiger partial charge >= 0.3 is 12.3 Å². The maximum Gasteiger partial charge on any atom is 0.407 e. The number of ether oxygens (including phenoxy) is 6. The average Bonchev–Trinajstić information content (AvgIpc) is 3.68. The molecule has 4 aromatic rings. The number of carbonyl (C=O) groups excluding carboxylic acids is 1. The molecule has 1 heterocycles. The van der Waals surface area contributed by atoms with Gasteiger partial charge in [-0.3, -0.25) is 9.84 Å². The average molecular weight is 1070 g/mol. The topological polar surface area (TPSA) is 143 Å². The highest BCUT2D eigenvalue weighted by Crippen LogP contribution is 2.47. The summed E-state index contributed by atoms with van der Waals surface area (Å²) in [6.07, 6.45) is 1.26. The van der Waals surface area contributed by atoms with Crippen LogP contribution in [0.5, 0.6) is 34.5 Å². The number of carbonyl (C=O) groups is 1. The molecule has 16 heteroatoms. The van der Waals surface area contributed by atoms with Crippen LogP contribution in [-0.2, 0) is 26.7 Å². The minimum atomic E-state index is -2.38. The van der Waals surface area contributed by atoms with Gasteiger partial charge in [0.15, 0.2) is 25.6 Å². The van der Waals surface area contributed by atoms with Gasteiger partial charge in [-0.15, -0.1) is 0 Å². The predicted octanol–water partition coefficient (Wildman–Crippen LogP) is 12.3. The van der Waals surface area contributed by atoms with Gasteiger partial charge in [0.1, 0.15) is 29.9 Å². The zero-order valence-corrected chi connectivity index (χ0v) is 49.5. The van der Waals surface area contributed by atoms with E-state index in [4.69, 9.17) is 48.8 Å². The van der Waals surface area contributed by atoms with E-state index < -0.39 is 41.0 Å². The van der Waals surface area contributed by atoms with Crippen molar-refractivity contribution >= 4 is 28.9 Å². The van der Waals surface area contributed by atoms with Crippen molar-refractivity contribution < 1.29 is 47.2 Å². The van der Waals surface area contributed by atoms with Gasteiger partial charge in [0.2, 0.25) is 0 Å². The Balaban J connectivity index is 1.40. The van der Waals surface area contributed by atoms with Gasteiger partial charge in [-0.1, -0.05) is 97.0 Å². The molecular weight excluding hydrogens is 981 g/mol. The lowest BCUT2D eigenvalue weighted by atomic mass is 9.98. The van der Waals surface area contributed by atoms with Gasteiger partial charge in [0, 0.05) is 66.9 Å². The third kappa shape index (κ3) is 13.2. The Hall–Kier alpha value is -5.58. The highest BCUT2D eigenvalue weighted by atomic mass is 28.4. The zero-order valence-electron chi connectivity index (χ0n) is 47.5. The summed E-state index contributed by atoms with van der Waals surface area (Å²) >= 11 is 0. The number of rotatable bonds is 23. The van der Waals surface area contributed by atoms with Gasteiger partial charge in [0.25, 0.3) is 8.32 Å². The van der Waals surface area contributed by atoms with E-state index in [2.05, 4.69) is 107 Å². The van der Waals surface area contributed by atoms with Gasteiger partial charge in [0.05, 0.1) is 47.2 Å². The van der Waals surface area contributed by atoms with Crippen LogP contribution in [0.2, 0.25) is 35.8 Å². The number of aliphatic imine (C=N–C) groups is 1. The van der Waals surface area contributed by atoms with Crippen molar-refractivity contribution in [3.8, 4) is 45.6 Å². The van der Waals surface area contributed by atoms with Crippen LogP contribution in [-0.4, -0.2) is 125 Å². The van der Waals surface area contributed by atoms with Crippen LogP contribution in [0, 0.1) is 20.4 Å². The molecule has 2 unspecified atom stereocenters. The first-order chi connectivity index (χ1) is 35.5. The van der Waals surface area contributed by atoms with E-state index >= 15 is 0 Å². The molecule has 75 heavy (non-hydrogen) atoms. The summed E-state index contributed by atoms with van der Waals surface area (Å²) in [4.78, 5) is 26.1. The summed E-state index contributed by atoms with van der Waals surface area (Å²) in [6, 6.07) is 18.5. The molecular formula is C59H84N4O10Si2. The van der Waals surface area contributed by atoms with Gasteiger partial charge in [-0.05, 0) is 90.4 Å². The normalized spacial score (nSPS) is 16.5. The summed E-state index contributed by atoms with van der Waals surface area (Å²) in [5.74, 6) is 2.37. The number of nitrogens with zero attached hydrogens (tertiary/aromatic N) is 3. The molecule has 14 nitrogen and oxygen atoms in total. The van der Waals surface area contributed by atoms with Crippen LogP contribution in [0.25, 0.3) is 16.0 Å². The molecule has 1 amide bonds. The minimum absolute atomic E-state index is 0.0508. The molecule has 1 fully saturated rings. The Labute approximate surface area is 449 Å². The van der Waals surface area contributed by atoms with E-state index in [0.717, 1.165) is 33.4 Å². The van der Waals surface area contributed by atoms with Gasteiger partial charge in [-0.2, -0.15) is 0 Å². The summed E-state index contributed by atoms with van der Waals surface area (Å²) in [7, 11) is 1.95. The van der Waals surface area contributed by atoms with Crippen LogP contribution in [0.3, 0.4) is 0 Å². The predicted molar refractivity (Wildman–Crippen MR) is 304 cm³/mol. The first-order valence-corrected chi connectivity index (χ1v) is 31.9. The molecule has 4 atom stereocenters. The number of benzene rings is 4. The number of amides is 1. The number of morpholine rings is 1. The smallest absolute Gasteiger partial charge is 0.407 e. The number of alkyl carbamates (subject to hydrolysis) is 1. The van der Waals surface area contributed by atoms with Crippen LogP contribution in [0.4, 0.5) is 4.79 Å². The maximum absolute atomic E-state index is 14.4.